The van der Waals surface area contributed by atoms with Gasteiger partial charge in [0.2, 0.25) is 0 Å². The second-order valence-corrected chi connectivity index (χ2v) is 7.91. The fraction of sp³-hybridized carbons (Fsp3) is 0.765. The Morgan fingerprint density at radius 1 is 1.40 bits per heavy atom. The number of rotatable bonds is 5. The topological polar surface area (TPSA) is 15.3 Å². The molecule has 2 atom stereocenters. The minimum atomic E-state index is 0.722. The van der Waals surface area contributed by atoms with Crippen LogP contribution < -0.4 is 5.32 Å². The molecular formula is C17H28N2S. The van der Waals surface area contributed by atoms with Crippen LogP contribution in [0.2, 0.25) is 0 Å². The molecule has 3 heteroatoms. The summed E-state index contributed by atoms with van der Waals surface area (Å²) in [5.74, 6) is 1.62. The number of nitrogens with zero attached hydrogens (tertiary/aromatic N) is 1. The highest BCUT2D eigenvalue weighted by atomic mass is 32.1. The van der Waals surface area contributed by atoms with E-state index in [4.69, 9.17) is 0 Å². The highest BCUT2D eigenvalue weighted by Gasteiger charge is 2.31. The summed E-state index contributed by atoms with van der Waals surface area (Å²) in [5, 5.41) is 5.93. The summed E-state index contributed by atoms with van der Waals surface area (Å²) in [5.41, 5.74) is 1.65. The lowest BCUT2D eigenvalue weighted by atomic mass is 9.93. The van der Waals surface area contributed by atoms with E-state index in [1.54, 1.807) is 10.4 Å². The van der Waals surface area contributed by atoms with Gasteiger partial charge in [-0.2, -0.15) is 0 Å². The van der Waals surface area contributed by atoms with Crippen LogP contribution in [-0.2, 0) is 6.42 Å². The molecule has 0 amide bonds. The Kier molecular flexibility index (Phi) is 4.79. The predicted octanol–water partition coefficient (Wildman–Crippen LogP) is 3.69. The van der Waals surface area contributed by atoms with Gasteiger partial charge in [-0.1, -0.05) is 13.8 Å². The number of fused-ring (bicyclic) bond motifs is 1. The molecular weight excluding hydrogens is 264 g/mol. The SMILES string of the molecule is CC(C)CNCC1CCN(C2CCCc3sccc32)C1. The standard InChI is InChI=1S/C17H28N2S/c1-13(2)10-18-11-14-6-8-19(12-14)16-4-3-5-17-15(16)7-9-20-17/h7,9,13-14,16,18H,3-6,8,10-12H2,1-2H3. The molecule has 2 nitrogen and oxygen atoms in total. The maximum Gasteiger partial charge on any atom is 0.0359 e. The van der Waals surface area contributed by atoms with Gasteiger partial charge in [0.25, 0.3) is 0 Å². The summed E-state index contributed by atoms with van der Waals surface area (Å²) < 4.78 is 0. The van der Waals surface area contributed by atoms with Crippen LogP contribution in [0.25, 0.3) is 0 Å². The Balaban J connectivity index is 1.53. The van der Waals surface area contributed by atoms with Crippen LogP contribution in [0.5, 0.6) is 0 Å². The lowest BCUT2D eigenvalue weighted by molar-refractivity contribution is 0.214. The molecule has 1 aliphatic heterocycles. The summed E-state index contributed by atoms with van der Waals surface area (Å²) in [6, 6.07) is 3.11. The molecule has 1 N–H and O–H groups in total. The van der Waals surface area contributed by atoms with Gasteiger partial charge in [0.1, 0.15) is 0 Å². The number of hydrogen-bond donors (Lipinski definition) is 1. The highest BCUT2D eigenvalue weighted by molar-refractivity contribution is 7.10. The van der Waals surface area contributed by atoms with Crippen LogP contribution in [0, 0.1) is 11.8 Å². The number of nitrogens with one attached hydrogen (secondary N) is 1. The van der Waals surface area contributed by atoms with Crippen molar-refractivity contribution in [3.05, 3.63) is 21.9 Å². The average Bonchev–Trinajstić information content (AvgIpc) is 3.06. The number of likely N-dealkylation sites (tertiary alicyclic amines) is 1. The van der Waals surface area contributed by atoms with Crippen molar-refractivity contribution in [2.45, 2.75) is 45.6 Å². The number of aryl methyl sites for hydroxylation is 1. The Labute approximate surface area is 127 Å². The van der Waals surface area contributed by atoms with Crippen molar-refractivity contribution in [3.8, 4) is 0 Å². The zero-order valence-corrected chi connectivity index (χ0v) is 13.7. The van der Waals surface area contributed by atoms with Gasteiger partial charge >= 0.3 is 0 Å². The molecule has 1 aromatic rings. The van der Waals surface area contributed by atoms with Crippen LogP contribution >= 0.6 is 11.3 Å². The maximum atomic E-state index is 3.64. The van der Waals surface area contributed by atoms with E-state index >= 15 is 0 Å². The van der Waals surface area contributed by atoms with Gasteiger partial charge in [0.15, 0.2) is 0 Å². The second-order valence-electron chi connectivity index (χ2n) is 6.91. The zero-order chi connectivity index (χ0) is 13.9. The van der Waals surface area contributed by atoms with Crippen LogP contribution in [-0.4, -0.2) is 31.1 Å². The van der Waals surface area contributed by atoms with Gasteiger partial charge in [0.05, 0.1) is 0 Å². The first kappa shape index (κ1) is 14.6. The molecule has 1 saturated heterocycles. The van der Waals surface area contributed by atoms with Crippen molar-refractivity contribution in [3.63, 3.8) is 0 Å². The van der Waals surface area contributed by atoms with Crippen molar-refractivity contribution in [1.29, 1.82) is 0 Å². The molecule has 0 radical (unpaired) electrons. The van der Waals surface area contributed by atoms with Crippen LogP contribution in [0.3, 0.4) is 0 Å². The third-order valence-corrected chi connectivity index (χ3v) is 5.76. The second kappa shape index (κ2) is 6.59. The fourth-order valence-corrected chi connectivity index (χ4v) is 4.71. The molecule has 0 saturated carbocycles. The van der Waals surface area contributed by atoms with E-state index in [0.717, 1.165) is 24.4 Å². The van der Waals surface area contributed by atoms with E-state index in [-0.39, 0.29) is 0 Å². The van der Waals surface area contributed by atoms with E-state index in [2.05, 4.69) is 35.5 Å². The molecule has 1 aliphatic carbocycles. The number of hydrogen-bond acceptors (Lipinski definition) is 3. The van der Waals surface area contributed by atoms with Gasteiger partial charge in [-0.15, -0.1) is 11.3 Å². The Morgan fingerprint density at radius 2 is 2.30 bits per heavy atom. The van der Waals surface area contributed by atoms with Gasteiger partial charge < -0.3 is 5.32 Å². The van der Waals surface area contributed by atoms with E-state index in [0.29, 0.717) is 0 Å². The van der Waals surface area contributed by atoms with Crippen molar-refractivity contribution in [2.24, 2.45) is 11.8 Å². The van der Waals surface area contributed by atoms with Crippen molar-refractivity contribution in [1.82, 2.24) is 10.2 Å². The fourth-order valence-electron chi connectivity index (χ4n) is 3.73. The Morgan fingerprint density at radius 3 is 3.15 bits per heavy atom. The Hall–Kier alpha value is -0.380. The third-order valence-electron chi connectivity index (χ3n) is 4.76. The van der Waals surface area contributed by atoms with Crippen LogP contribution in [0.1, 0.15) is 49.6 Å². The molecule has 0 aromatic carbocycles. The maximum absolute atomic E-state index is 3.64. The molecule has 1 aromatic heterocycles. The van der Waals surface area contributed by atoms with E-state index in [1.165, 1.54) is 45.3 Å². The van der Waals surface area contributed by atoms with Gasteiger partial charge in [-0.25, -0.2) is 0 Å². The summed E-state index contributed by atoms with van der Waals surface area (Å²) in [6.07, 6.45) is 5.44. The quantitative estimate of drug-likeness (QED) is 0.890. The first-order valence-corrected chi connectivity index (χ1v) is 9.13. The summed E-state index contributed by atoms with van der Waals surface area (Å²) in [6.45, 7) is 9.54. The van der Waals surface area contributed by atoms with Crippen molar-refractivity contribution >= 4 is 11.3 Å². The average molecular weight is 292 g/mol. The smallest absolute Gasteiger partial charge is 0.0359 e. The first-order chi connectivity index (χ1) is 9.74. The van der Waals surface area contributed by atoms with Gasteiger partial charge in [0, 0.05) is 17.5 Å². The Bertz CT molecular complexity index is 426. The zero-order valence-electron chi connectivity index (χ0n) is 12.9. The van der Waals surface area contributed by atoms with E-state index in [1.807, 2.05) is 11.3 Å². The van der Waals surface area contributed by atoms with Gasteiger partial charge in [-0.3, -0.25) is 4.90 Å². The third kappa shape index (κ3) is 3.26. The lowest BCUT2D eigenvalue weighted by Gasteiger charge is -2.31. The van der Waals surface area contributed by atoms with Crippen molar-refractivity contribution < 1.29 is 0 Å². The van der Waals surface area contributed by atoms with Crippen LogP contribution in [0.4, 0.5) is 0 Å². The largest absolute Gasteiger partial charge is 0.316 e. The summed E-state index contributed by atoms with van der Waals surface area (Å²) >= 11 is 1.97. The molecule has 112 valence electrons. The molecule has 2 heterocycles. The molecule has 0 spiro atoms. The molecule has 2 unspecified atom stereocenters. The highest BCUT2D eigenvalue weighted by Crippen LogP contribution is 2.39. The molecule has 1 fully saturated rings. The molecule has 20 heavy (non-hydrogen) atoms. The summed E-state index contributed by atoms with van der Waals surface area (Å²) in [7, 11) is 0. The predicted molar refractivity (Wildman–Crippen MR) is 87.4 cm³/mol. The summed E-state index contributed by atoms with van der Waals surface area (Å²) in [4.78, 5) is 4.41. The minimum Gasteiger partial charge on any atom is -0.316 e. The van der Waals surface area contributed by atoms with Crippen LogP contribution in [0.15, 0.2) is 11.4 Å². The normalized spacial score (nSPS) is 27.1. The van der Waals surface area contributed by atoms with E-state index < -0.39 is 0 Å². The van der Waals surface area contributed by atoms with Gasteiger partial charge in [-0.05, 0) is 74.2 Å². The molecule has 3 rings (SSSR count). The first-order valence-electron chi connectivity index (χ1n) is 8.25. The lowest BCUT2D eigenvalue weighted by Crippen LogP contribution is -2.31. The minimum absolute atomic E-state index is 0.722. The van der Waals surface area contributed by atoms with E-state index in [9.17, 15) is 0 Å². The molecule has 0 bridgehead atoms. The van der Waals surface area contributed by atoms with Crippen molar-refractivity contribution in [2.75, 3.05) is 26.2 Å². The monoisotopic (exact) mass is 292 g/mol. The number of thiophene rings is 1. The molecule has 2 aliphatic rings.